The summed E-state index contributed by atoms with van der Waals surface area (Å²) in [5.74, 6) is -0.511. The van der Waals surface area contributed by atoms with Crippen LogP contribution in [0.25, 0.3) is 0 Å². The molecule has 0 aliphatic heterocycles. The van der Waals surface area contributed by atoms with E-state index in [2.05, 4.69) is 5.16 Å². The van der Waals surface area contributed by atoms with Gasteiger partial charge in [-0.25, -0.2) is 4.79 Å². The average Bonchev–Trinajstić information content (AvgIpc) is 2.35. The largest absolute Gasteiger partial charge is 0.464 e. The second-order valence-corrected chi connectivity index (χ2v) is 4.01. The average molecular weight is 250 g/mol. The lowest BCUT2D eigenvalue weighted by Crippen LogP contribution is -2.21. The van der Waals surface area contributed by atoms with Crippen molar-refractivity contribution in [2.45, 2.75) is 6.54 Å². The van der Waals surface area contributed by atoms with Crippen LogP contribution in [-0.4, -0.2) is 44.9 Å². The normalized spacial score (nSPS) is 11.5. The Morgan fingerprint density at radius 1 is 1.28 bits per heavy atom. The Bertz CT molecular complexity index is 442. The highest BCUT2D eigenvalue weighted by Crippen LogP contribution is 2.13. The molecule has 0 radical (unpaired) electrons. The molecule has 1 rings (SSSR count). The number of oxime groups is 1. The highest BCUT2D eigenvalue weighted by Gasteiger charge is 2.18. The second-order valence-electron chi connectivity index (χ2n) is 4.01. The third-order valence-electron chi connectivity index (χ3n) is 2.32. The number of hydrogen-bond donors (Lipinski definition) is 0. The van der Waals surface area contributed by atoms with Crippen LogP contribution in [0.1, 0.15) is 11.1 Å². The van der Waals surface area contributed by atoms with Gasteiger partial charge in [-0.05, 0) is 19.7 Å². The molecule has 0 saturated heterocycles. The summed E-state index contributed by atoms with van der Waals surface area (Å²) >= 11 is 0. The second kappa shape index (κ2) is 6.76. The molecule has 0 amide bonds. The minimum Gasteiger partial charge on any atom is -0.464 e. The number of ether oxygens (including phenoxy) is 1. The SMILES string of the molecule is CON=C(C(=O)OC)c1ccccc1CN(C)C. The zero-order valence-electron chi connectivity index (χ0n) is 11.1. The fourth-order valence-corrected chi connectivity index (χ4v) is 1.61. The summed E-state index contributed by atoms with van der Waals surface area (Å²) in [7, 11) is 6.64. The molecule has 0 unspecified atom stereocenters. The molecule has 0 N–H and O–H groups in total. The maximum atomic E-state index is 11.7. The monoisotopic (exact) mass is 250 g/mol. The van der Waals surface area contributed by atoms with Gasteiger partial charge in [0.25, 0.3) is 0 Å². The predicted octanol–water partition coefficient (Wildman–Crippen LogP) is 1.27. The highest BCUT2D eigenvalue weighted by molar-refractivity contribution is 6.43. The number of nitrogens with zero attached hydrogens (tertiary/aromatic N) is 2. The highest BCUT2D eigenvalue weighted by atomic mass is 16.6. The van der Waals surface area contributed by atoms with E-state index in [-0.39, 0.29) is 5.71 Å². The lowest BCUT2D eigenvalue weighted by Gasteiger charge is -2.14. The first-order chi connectivity index (χ1) is 8.60. The Morgan fingerprint density at radius 3 is 2.50 bits per heavy atom. The summed E-state index contributed by atoms with van der Waals surface area (Å²) in [6.07, 6.45) is 0. The zero-order valence-corrected chi connectivity index (χ0v) is 11.1. The molecule has 0 fully saturated rings. The number of benzene rings is 1. The van der Waals surface area contributed by atoms with E-state index in [1.54, 1.807) is 0 Å². The van der Waals surface area contributed by atoms with Crippen LogP contribution < -0.4 is 0 Å². The van der Waals surface area contributed by atoms with E-state index < -0.39 is 5.97 Å². The van der Waals surface area contributed by atoms with Crippen LogP contribution in [0.4, 0.5) is 0 Å². The number of methoxy groups -OCH3 is 1. The molecule has 0 saturated carbocycles. The first kappa shape index (κ1) is 14.2. The van der Waals surface area contributed by atoms with Crippen LogP contribution in [0.15, 0.2) is 29.4 Å². The maximum absolute atomic E-state index is 11.7. The van der Waals surface area contributed by atoms with Crippen LogP contribution in [0.5, 0.6) is 0 Å². The lowest BCUT2D eigenvalue weighted by atomic mass is 10.0. The quantitative estimate of drug-likeness (QED) is 0.448. The van der Waals surface area contributed by atoms with Crippen LogP contribution in [-0.2, 0) is 20.9 Å². The fraction of sp³-hybridized carbons (Fsp3) is 0.385. The topological polar surface area (TPSA) is 51.1 Å². The third kappa shape index (κ3) is 3.56. The van der Waals surface area contributed by atoms with Gasteiger partial charge in [0.1, 0.15) is 7.11 Å². The molecule has 0 aliphatic rings. The van der Waals surface area contributed by atoms with Crippen molar-refractivity contribution in [1.82, 2.24) is 4.90 Å². The molecule has 1 aromatic carbocycles. The maximum Gasteiger partial charge on any atom is 0.360 e. The van der Waals surface area contributed by atoms with E-state index in [0.29, 0.717) is 6.54 Å². The van der Waals surface area contributed by atoms with Gasteiger partial charge in [0, 0.05) is 12.1 Å². The molecule has 0 heterocycles. The number of rotatable bonds is 5. The van der Waals surface area contributed by atoms with E-state index in [1.807, 2.05) is 43.3 Å². The standard InChI is InChI=1S/C13H18N2O3/c1-15(2)9-10-7-5-6-8-11(10)12(14-18-4)13(16)17-3/h5-8H,9H2,1-4H3. The molecular formula is C13H18N2O3. The van der Waals surface area contributed by atoms with Gasteiger partial charge in [-0.3, -0.25) is 0 Å². The van der Waals surface area contributed by atoms with E-state index in [9.17, 15) is 4.79 Å². The Morgan fingerprint density at radius 2 is 1.94 bits per heavy atom. The van der Waals surface area contributed by atoms with E-state index in [4.69, 9.17) is 9.57 Å². The molecule has 0 bridgehead atoms. The van der Waals surface area contributed by atoms with Crippen molar-refractivity contribution in [2.24, 2.45) is 5.16 Å². The number of carbonyl (C=O) groups excluding carboxylic acids is 1. The lowest BCUT2D eigenvalue weighted by molar-refractivity contribution is -0.132. The van der Waals surface area contributed by atoms with Crippen molar-refractivity contribution in [3.8, 4) is 0 Å². The Kier molecular flexibility index (Phi) is 5.32. The smallest absolute Gasteiger partial charge is 0.360 e. The van der Waals surface area contributed by atoms with Crippen LogP contribution in [0.3, 0.4) is 0 Å². The Labute approximate surface area is 107 Å². The molecule has 5 nitrogen and oxygen atoms in total. The van der Waals surface area contributed by atoms with Gasteiger partial charge in [0.2, 0.25) is 0 Å². The van der Waals surface area contributed by atoms with E-state index in [0.717, 1.165) is 11.1 Å². The van der Waals surface area contributed by atoms with Crippen molar-refractivity contribution in [3.05, 3.63) is 35.4 Å². The van der Waals surface area contributed by atoms with Crippen LogP contribution in [0.2, 0.25) is 0 Å². The van der Waals surface area contributed by atoms with Crippen LogP contribution >= 0.6 is 0 Å². The summed E-state index contributed by atoms with van der Waals surface area (Å²) in [4.78, 5) is 18.4. The molecule has 5 heteroatoms. The Balaban J connectivity index is 3.20. The zero-order chi connectivity index (χ0) is 13.5. The molecule has 0 aromatic heterocycles. The molecule has 0 spiro atoms. The summed E-state index contributed by atoms with van der Waals surface area (Å²) in [5, 5.41) is 3.76. The summed E-state index contributed by atoms with van der Waals surface area (Å²) < 4.78 is 4.72. The Hall–Kier alpha value is -1.88. The van der Waals surface area contributed by atoms with E-state index >= 15 is 0 Å². The van der Waals surface area contributed by atoms with Crippen LogP contribution in [0, 0.1) is 0 Å². The molecule has 0 atom stereocenters. The van der Waals surface area contributed by atoms with Crippen molar-refractivity contribution < 1.29 is 14.4 Å². The van der Waals surface area contributed by atoms with Crippen molar-refractivity contribution >= 4 is 11.7 Å². The first-order valence-corrected chi connectivity index (χ1v) is 5.52. The van der Waals surface area contributed by atoms with Gasteiger partial charge in [-0.15, -0.1) is 0 Å². The minimum atomic E-state index is -0.511. The summed E-state index contributed by atoms with van der Waals surface area (Å²) in [6.45, 7) is 0.704. The first-order valence-electron chi connectivity index (χ1n) is 5.52. The van der Waals surface area contributed by atoms with Gasteiger partial charge in [-0.1, -0.05) is 29.4 Å². The molecule has 0 aliphatic carbocycles. The molecule has 18 heavy (non-hydrogen) atoms. The van der Waals surface area contributed by atoms with Crippen molar-refractivity contribution in [1.29, 1.82) is 0 Å². The summed E-state index contributed by atoms with van der Waals surface area (Å²) in [5.41, 5.74) is 1.89. The van der Waals surface area contributed by atoms with Crippen molar-refractivity contribution in [3.63, 3.8) is 0 Å². The number of hydrogen-bond acceptors (Lipinski definition) is 5. The van der Waals surface area contributed by atoms with Gasteiger partial charge in [0.05, 0.1) is 7.11 Å². The predicted molar refractivity (Wildman–Crippen MR) is 69.4 cm³/mol. The third-order valence-corrected chi connectivity index (χ3v) is 2.32. The van der Waals surface area contributed by atoms with Gasteiger partial charge in [-0.2, -0.15) is 0 Å². The molecule has 98 valence electrons. The summed E-state index contributed by atoms with van der Waals surface area (Å²) in [6, 6.07) is 7.55. The molecular weight excluding hydrogens is 232 g/mol. The molecule has 1 aromatic rings. The number of esters is 1. The van der Waals surface area contributed by atoms with Gasteiger partial charge < -0.3 is 14.5 Å². The number of carbonyl (C=O) groups is 1. The van der Waals surface area contributed by atoms with Crippen molar-refractivity contribution in [2.75, 3.05) is 28.3 Å². The van der Waals surface area contributed by atoms with Gasteiger partial charge in [0.15, 0.2) is 5.71 Å². The fourth-order valence-electron chi connectivity index (χ4n) is 1.61. The van der Waals surface area contributed by atoms with E-state index in [1.165, 1.54) is 14.2 Å². The van der Waals surface area contributed by atoms with Gasteiger partial charge >= 0.3 is 5.97 Å². The minimum absolute atomic E-state index is 0.178.